The summed E-state index contributed by atoms with van der Waals surface area (Å²) in [6.45, 7) is 0.638. The highest BCUT2D eigenvalue weighted by Gasteiger charge is 2.27. The molecule has 20 heavy (non-hydrogen) atoms. The van der Waals surface area contributed by atoms with E-state index in [1.165, 1.54) is 4.88 Å². The molecule has 0 spiro atoms. The molecule has 1 N–H and O–H groups in total. The summed E-state index contributed by atoms with van der Waals surface area (Å²) in [6.07, 6.45) is 1.12. The molecule has 0 radical (unpaired) electrons. The molecule has 0 unspecified atom stereocenters. The molecule has 1 aromatic carbocycles. The molecule has 0 saturated carbocycles. The van der Waals surface area contributed by atoms with Gasteiger partial charge in [0.15, 0.2) is 0 Å². The molecular formula is C15H13NO3S. The SMILES string of the molecule is O=C(O)c1ccc2c(c1)CC(=O)N2CCc1cccs1. The Kier molecular flexibility index (Phi) is 3.28. The Hall–Kier alpha value is -2.14. The predicted octanol–water partition coefficient (Wildman–Crippen LogP) is 2.58. The molecule has 3 rings (SSSR count). The first-order chi connectivity index (χ1) is 9.65. The summed E-state index contributed by atoms with van der Waals surface area (Å²) in [5.74, 6) is -0.920. The highest BCUT2D eigenvalue weighted by molar-refractivity contribution is 7.09. The van der Waals surface area contributed by atoms with E-state index >= 15 is 0 Å². The second kappa shape index (κ2) is 5.09. The van der Waals surface area contributed by atoms with E-state index < -0.39 is 5.97 Å². The largest absolute Gasteiger partial charge is 0.478 e. The van der Waals surface area contributed by atoms with Crippen molar-refractivity contribution in [3.63, 3.8) is 0 Å². The molecule has 0 aliphatic carbocycles. The molecule has 2 heterocycles. The van der Waals surface area contributed by atoms with E-state index in [4.69, 9.17) is 5.11 Å². The zero-order chi connectivity index (χ0) is 14.1. The molecule has 102 valence electrons. The lowest BCUT2D eigenvalue weighted by atomic mass is 10.1. The summed E-state index contributed by atoms with van der Waals surface area (Å²) >= 11 is 1.68. The number of thiophene rings is 1. The van der Waals surface area contributed by atoms with Crippen molar-refractivity contribution in [2.24, 2.45) is 0 Å². The van der Waals surface area contributed by atoms with Crippen molar-refractivity contribution < 1.29 is 14.7 Å². The number of amides is 1. The molecule has 4 nitrogen and oxygen atoms in total. The Bertz CT molecular complexity index is 664. The van der Waals surface area contributed by atoms with E-state index in [0.717, 1.165) is 17.7 Å². The minimum absolute atomic E-state index is 0.0408. The Morgan fingerprint density at radius 2 is 2.20 bits per heavy atom. The number of hydrogen-bond acceptors (Lipinski definition) is 3. The third-order valence-electron chi connectivity index (χ3n) is 3.42. The van der Waals surface area contributed by atoms with Crippen LogP contribution in [-0.4, -0.2) is 23.5 Å². The van der Waals surface area contributed by atoms with Gasteiger partial charge in [-0.05, 0) is 41.6 Å². The van der Waals surface area contributed by atoms with E-state index in [1.807, 2.05) is 11.4 Å². The van der Waals surface area contributed by atoms with Crippen LogP contribution in [0.25, 0.3) is 0 Å². The van der Waals surface area contributed by atoms with Crippen molar-refractivity contribution in [3.05, 3.63) is 51.7 Å². The van der Waals surface area contributed by atoms with Gasteiger partial charge >= 0.3 is 5.97 Å². The maximum atomic E-state index is 12.1. The molecule has 2 aromatic rings. The fraction of sp³-hybridized carbons (Fsp3) is 0.200. The molecule has 1 aliphatic rings. The third-order valence-corrected chi connectivity index (χ3v) is 4.36. The predicted molar refractivity (Wildman–Crippen MR) is 77.5 cm³/mol. The van der Waals surface area contributed by atoms with Crippen molar-refractivity contribution in [1.82, 2.24) is 0 Å². The zero-order valence-electron chi connectivity index (χ0n) is 10.7. The first-order valence-corrected chi connectivity index (χ1v) is 7.22. The first-order valence-electron chi connectivity index (χ1n) is 6.34. The molecule has 0 atom stereocenters. The van der Waals surface area contributed by atoms with Gasteiger partial charge in [0.2, 0.25) is 5.91 Å². The van der Waals surface area contributed by atoms with Gasteiger partial charge in [-0.2, -0.15) is 0 Å². The number of carbonyl (C=O) groups excluding carboxylic acids is 1. The molecule has 5 heteroatoms. The Labute approximate surface area is 120 Å². The topological polar surface area (TPSA) is 57.6 Å². The second-order valence-corrected chi connectivity index (χ2v) is 5.73. The number of carboxylic acids is 1. The van der Waals surface area contributed by atoms with Gasteiger partial charge in [0, 0.05) is 17.1 Å². The van der Waals surface area contributed by atoms with Crippen molar-refractivity contribution in [3.8, 4) is 0 Å². The summed E-state index contributed by atoms with van der Waals surface area (Å²) < 4.78 is 0. The van der Waals surface area contributed by atoms with Crippen molar-refractivity contribution in [1.29, 1.82) is 0 Å². The molecule has 1 aliphatic heterocycles. The summed E-state index contributed by atoms with van der Waals surface area (Å²) in [5.41, 5.74) is 1.88. The third kappa shape index (κ3) is 2.32. The van der Waals surface area contributed by atoms with E-state index in [1.54, 1.807) is 34.4 Å². The molecule has 0 saturated heterocycles. The van der Waals surface area contributed by atoms with E-state index in [-0.39, 0.29) is 11.5 Å². The highest BCUT2D eigenvalue weighted by atomic mass is 32.1. The van der Waals surface area contributed by atoms with E-state index in [0.29, 0.717) is 13.0 Å². The number of aromatic carboxylic acids is 1. The first kappa shape index (κ1) is 12.9. The summed E-state index contributed by atoms with van der Waals surface area (Å²) in [5, 5.41) is 11.0. The van der Waals surface area contributed by atoms with E-state index in [2.05, 4.69) is 6.07 Å². The average Bonchev–Trinajstić information content (AvgIpc) is 3.02. The van der Waals surface area contributed by atoms with Crippen molar-refractivity contribution in [2.45, 2.75) is 12.8 Å². The monoisotopic (exact) mass is 287 g/mol. The molecule has 1 aromatic heterocycles. The number of nitrogens with zero attached hydrogens (tertiary/aromatic N) is 1. The van der Waals surface area contributed by atoms with Crippen LogP contribution in [0.4, 0.5) is 5.69 Å². The number of carboxylic acid groups (broad SMARTS) is 1. The maximum absolute atomic E-state index is 12.1. The number of carbonyl (C=O) groups is 2. The number of benzene rings is 1. The van der Waals surface area contributed by atoms with Gasteiger partial charge in [-0.1, -0.05) is 6.07 Å². The van der Waals surface area contributed by atoms with Gasteiger partial charge in [-0.3, -0.25) is 4.79 Å². The number of anilines is 1. The Morgan fingerprint density at radius 1 is 1.35 bits per heavy atom. The molecular weight excluding hydrogens is 274 g/mol. The fourth-order valence-electron chi connectivity index (χ4n) is 2.44. The number of rotatable bonds is 4. The van der Waals surface area contributed by atoms with Gasteiger partial charge in [0.1, 0.15) is 0 Å². The van der Waals surface area contributed by atoms with Crippen LogP contribution in [0.2, 0.25) is 0 Å². The molecule has 0 fully saturated rings. The zero-order valence-corrected chi connectivity index (χ0v) is 11.5. The van der Waals surface area contributed by atoms with Crippen LogP contribution >= 0.6 is 11.3 Å². The lowest BCUT2D eigenvalue weighted by molar-refractivity contribution is -0.117. The Balaban J connectivity index is 1.81. The second-order valence-electron chi connectivity index (χ2n) is 4.70. The van der Waals surface area contributed by atoms with Crippen LogP contribution in [0.1, 0.15) is 20.8 Å². The highest BCUT2D eigenvalue weighted by Crippen LogP contribution is 2.30. The quantitative estimate of drug-likeness (QED) is 0.940. The lowest BCUT2D eigenvalue weighted by Crippen LogP contribution is -2.28. The number of hydrogen-bond donors (Lipinski definition) is 1. The van der Waals surface area contributed by atoms with E-state index in [9.17, 15) is 9.59 Å². The minimum Gasteiger partial charge on any atom is -0.478 e. The smallest absolute Gasteiger partial charge is 0.335 e. The van der Waals surface area contributed by atoms with Crippen LogP contribution < -0.4 is 4.90 Å². The van der Waals surface area contributed by atoms with Crippen LogP contribution in [0.5, 0.6) is 0 Å². The van der Waals surface area contributed by atoms with Gasteiger partial charge in [-0.25, -0.2) is 4.79 Å². The van der Waals surface area contributed by atoms with Gasteiger partial charge in [0.25, 0.3) is 0 Å². The normalized spacial score (nSPS) is 13.6. The number of fused-ring (bicyclic) bond motifs is 1. The summed E-state index contributed by atoms with van der Waals surface area (Å²) in [4.78, 5) is 26.0. The fourth-order valence-corrected chi connectivity index (χ4v) is 3.14. The van der Waals surface area contributed by atoms with Gasteiger partial charge in [-0.15, -0.1) is 11.3 Å². The average molecular weight is 287 g/mol. The van der Waals surface area contributed by atoms with Crippen LogP contribution in [0, 0.1) is 0 Å². The minimum atomic E-state index is -0.961. The van der Waals surface area contributed by atoms with Crippen molar-refractivity contribution in [2.75, 3.05) is 11.4 Å². The summed E-state index contributed by atoms with van der Waals surface area (Å²) in [7, 11) is 0. The van der Waals surface area contributed by atoms with Crippen molar-refractivity contribution >= 4 is 28.9 Å². The van der Waals surface area contributed by atoms with Gasteiger partial charge in [0.05, 0.1) is 12.0 Å². The molecule has 1 amide bonds. The maximum Gasteiger partial charge on any atom is 0.335 e. The summed E-state index contributed by atoms with van der Waals surface area (Å²) in [6, 6.07) is 8.94. The standard InChI is InChI=1S/C15H13NO3S/c17-14-9-11-8-10(15(18)19)3-4-13(11)16(14)6-5-12-2-1-7-20-12/h1-4,7-8H,5-6,9H2,(H,18,19). The van der Waals surface area contributed by atoms with Crippen LogP contribution in [-0.2, 0) is 17.6 Å². The molecule has 0 bridgehead atoms. The van der Waals surface area contributed by atoms with Gasteiger partial charge < -0.3 is 10.0 Å². The lowest BCUT2D eigenvalue weighted by Gasteiger charge is -2.17. The van der Waals surface area contributed by atoms with Crippen LogP contribution in [0.15, 0.2) is 35.7 Å². The van der Waals surface area contributed by atoms with Crippen LogP contribution in [0.3, 0.4) is 0 Å². The Morgan fingerprint density at radius 3 is 2.90 bits per heavy atom.